The van der Waals surface area contributed by atoms with Crippen LogP contribution in [0.5, 0.6) is 0 Å². The monoisotopic (exact) mass is 564 g/mol. The molecule has 13 heteroatoms. The van der Waals surface area contributed by atoms with E-state index in [1.807, 2.05) is 13.8 Å². The highest BCUT2D eigenvalue weighted by atomic mass is 32.2. The molecule has 1 fully saturated rings. The number of Topliss-reactive ketones (excluding diaryl/α,β-unsaturated/α-hetero) is 1. The van der Waals surface area contributed by atoms with Gasteiger partial charge in [0.1, 0.15) is 16.5 Å². The Morgan fingerprint density at radius 2 is 1.84 bits per heavy atom. The van der Waals surface area contributed by atoms with E-state index in [2.05, 4.69) is 14.4 Å². The van der Waals surface area contributed by atoms with Gasteiger partial charge in [-0.2, -0.15) is 8.42 Å². The Bertz CT molecular complexity index is 1500. The molecule has 0 aliphatic carbocycles. The molecule has 0 spiro atoms. The van der Waals surface area contributed by atoms with E-state index in [1.165, 1.54) is 29.2 Å². The third-order valence-corrected chi connectivity index (χ3v) is 8.32. The maximum Gasteiger partial charge on any atom is 0.286 e. The van der Waals surface area contributed by atoms with Crippen molar-refractivity contribution in [3.8, 4) is 0 Å². The number of fused-ring (bicyclic) bond motifs is 1. The van der Waals surface area contributed by atoms with Crippen LogP contribution in [0.25, 0.3) is 0 Å². The van der Waals surface area contributed by atoms with E-state index in [-0.39, 0.29) is 35.2 Å². The number of hydrogen-bond acceptors (Lipinski definition) is 7. The molecule has 2 N–H and O–H groups in total. The number of hydrogen-bond donors (Lipinski definition) is 2. The van der Waals surface area contributed by atoms with Crippen molar-refractivity contribution in [2.24, 2.45) is 22.2 Å². The molecule has 0 aromatic heterocycles. The number of nitrogens with zero attached hydrogens (tertiary/aromatic N) is 2. The van der Waals surface area contributed by atoms with Gasteiger partial charge in [0.2, 0.25) is 15.9 Å². The summed E-state index contributed by atoms with van der Waals surface area (Å²) in [5, 5.41) is 2.83. The van der Waals surface area contributed by atoms with Gasteiger partial charge in [-0.3, -0.25) is 14.3 Å². The minimum Gasteiger partial charge on any atom is -0.341 e. The first-order valence-electron chi connectivity index (χ1n) is 12.0. The van der Waals surface area contributed by atoms with Crippen LogP contribution < -0.4 is 10.0 Å². The van der Waals surface area contributed by atoms with Gasteiger partial charge in [0.05, 0.1) is 11.9 Å². The minimum absolute atomic E-state index is 0.0271. The molecule has 2 aromatic rings. The van der Waals surface area contributed by atoms with E-state index >= 15 is 0 Å². The minimum atomic E-state index is -4.36. The predicted molar refractivity (Wildman–Crippen MR) is 141 cm³/mol. The zero-order chi connectivity index (χ0) is 27.8. The van der Waals surface area contributed by atoms with Crippen molar-refractivity contribution in [3.05, 3.63) is 53.8 Å². The Balaban J connectivity index is 1.68. The quantitative estimate of drug-likeness (QED) is 0.470. The normalized spacial score (nSPS) is 21.1. The molecule has 0 bridgehead atoms. The van der Waals surface area contributed by atoms with Crippen LogP contribution in [0.3, 0.4) is 0 Å². The summed E-state index contributed by atoms with van der Waals surface area (Å²) in [4.78, 5) is 28.3. The van der Waals surface area contributed by atoms with Crippen molar-refractivity contribution < 1.29 is 30.8 Å². The van der Waals surface area contributed by atoms with Gasteiger partial charge in [-0.25, -0.2) is 12.8 Å². The second-order valence-corrected chi connectivity index (χ2v) is 13.3. The summed E-state index contributed by atoms with van der Waals surface area (Å²) in [6.45, 7) is 4.33. The summed E-state index contributed by atoms with van der Waals surface area (Å²) in [6, 6.07) is 9.50. The van der Waals surface area contributed by atoms with Crippen LogP contribution in [0.4, 0.5) is 15.8 Å². The average molecular weight is 565 g/mol. The van der Waals surface area contributed by atoms with Crippen LogP contribution in [0.15, 0.2) is 51.8 Å². The van der Waals surface area contributed by atoms with Crippen LogP contribution in [0.2, 0.25) is 0 Å². The van der Waals surface area contributed by atoms with Crippen molar-refractivity contribution in [3.63, 3.8) is 0 Å². The first-order valence-corrected chi connectivity index (χ1v) is 15.4. The second-order valence-electron chi connectivity index (χ2n) is 10.0. The van der Waals surface area contributed by atoms with Crippen molar-refractivity contribution in [1.29, 1.82) is 0 Å². The maximum atomic E-state index is 13.6. The maximum absolute atomic E-state index is 13.6. The molecule has 38 heavy (non-hydrogen) atoms. The summed E-state index contributed by atoms with van der Waals surface area (Å²) in [7, 11) is -8.02. The number of piperidine rings is 1. The number of sulfonamides is 2. The van der Waals surface area contributed by atoms with Crippen LogP contribution in [-0.4, -0.2) is 52.1 Å². The number of carbonyl (C=O) groups excluding carboxylic acids is 2. The molecular formula is C25H29FN4O6S2. The number of halogens is 1. The first-order chi connectivity index (χ1) is 17.7. The number of nitrogens with one attached hydrogen (secondary N) is 2. The van der Waals surface area contributed by atoms with E-state index in [0.29, 0.717) is 17.9 Å². The van der Waals surface area contributed by atoms with Crippen molar-refractivity contribution in [1.82, 2.24) is 4.90 Å². The molecule has 2 atom stereocenters. The lowest BCUT2D eigenvalue weighted by Gasteiger charge is -2.37. The fourth-order valence-electron chi connectivity index (χ4n) is 4.54. The highest BCUT2D eigenvalue weighted by Crippen LogP contribution is 2.34. The van der Waals surface area contributed by atoms with Crippen LogP contribution in [0, 0.1) is 23.6 Å². The van der Waals surface area contributed by atoms with Crippen LogP contribution in [-0.2, 0) is 36.2 Å². The zero-order valence-corrected chi connectivity index (χ0v) is 22.8. The van der Waals surface area contributed by atoms with E-state index < -0.39 is 49.4 Å². The summed E-state index contributed by atoms with van der Waals surface area (Å²) < 4.78 is 68.7. The van der Waals surface area contributed by atoms with Gasteiger partial charge in [-0.05, 0) is 48.2 Å². The summed E-state index contributed by atoms with van der Waals surface area (Å²) in [6.07, 6.45) is 2.18. The largest absolute Gasteiger partial charge is 0.341 e. The Labute approximate surface area is 221 Å². The first kappa shape index (κ1) is 27.7. The lowest BCUT2D eigenvalue weighted by Crippen LogP contribution is -2.55. The Kier molecular flexibility index (Phi) is 7.62. The number of anilines is 2. The fourth-order valence-corrected chi connectivity index (χ4v) is 6.28. The van der Waals surface area contributed by atoms with Gasteiger partial charge in [0.25, 0.3) is 10.0 Å². The molecule has 2 unspecified atom stereocenters. The van der Waals surface area contributed by atoms with Gasteiger partial charge in [0, 0.05) is 24.7 Å². The van der Waals surface area contributed by atoms with Gasteiger partial charge >= 0.3 is 0 Å². The molecule has 4 rings (SSSR count). The number of benzene rings is 2. The molecule has 2 heterocycles. The third kappa shape index (κ3) is 6.21. The number of amides is 1. The van der Waals surface area contributed by atoms with Crippen molar-refractivity contribution in [2.45, 2.75) is 38.1 Å². The SMILES string of the molecule is CC(C)CCC1CN(Cc2ccc(F)cc2)C(=O)C(C2=NS(=O)(=O)c3cc(NS(C)(=O)=O)ccc3N2)C1=O. The van der Waals surface area contributed by atoms with Gasteiger partial charge in [0.15, 0.2) is 11.7 Å². The average Bonchev–Trinajstić information content (AvgIpc) is 2.80. The molecule has 0 saturated carbocycles. The summed E-state index contributed by atoms with van der Waals surface area (Å²) >= 11 is 0. The van der Waals surface area contributed by atoms with E-state index in [0.717, 1.165) is 18.7 Å². The molecular weight excluding hydrogens is 535 g/mol. The number of ketones is 1. The molecule has 1 saturated heterocycles. The smallest absolute Gasteiger partial charge is 0.286 e. The Hall–Kier alpha value is -3.32. The highest BCUT2D eigenvalue weighted by Gasteiger charge is 2.46. The van der Waals surface area contributed by atoms with Crippen molar-refractivity contribution in [2.75, 3.05) is 22.8 Å². The molecule has 204 valence electrons. The Morgan fingerprint density at radius 3 is 2.47 bits per heavy atom. The lowest BCUT2D eigenvalue weighted by atomic mass is 9.82. The number of rotatable bonds is 8. The van der Waals surface area contributed by atoms with Crippen LogP contribution >= 0.6 is 0 Å². The van der Waals surface area contributed by atoms with E-state index in [4.69, 9.17) is 0 Å². The van der Waals surface area contributed by atoms with Gasteiger partial charge < -0.3 is 10.2 Å². The Morgan fingerprint density at radius 1 is 1.16 bits per heavy atom. The molecule has 2 aliphatic rings. The molecule has 1 amide bonds. The second kappa shape index (κ2) is 10.4. The topological polar surface area (TPSA) is 142 Å². The number of likely N-dealkylation sites (tertiary alicyclic amines) is 1. The number of carbonyl (C=O) groups is 2. The van der Waals surface area contributed by atoms with Crippen molar-refractivity contribution >= 4 is 48.9 Å². The molecule has 0 radical (unpaired) electrons. The summed E-state index contributed by atoms with van der Waals surface area (Å²) in [5.41, 5.74) is 0.765. The molecule has 2 aliphatic heterocycles. The fraction of sp³-hybridized carbons (Fsp3) is 0.400. The highest BCUT2D eigenvalue weighted by molar-refractivity contribution is 7.92. The number of amidine groups is 1. The molecule has 2 aromatic carbocycles. The van der Waals surface area contributed by atoms with E-state index in [1.54, 1.807) is 12.1 Å². The standard InChI is InChI=1S/C25H29FN4O6S2/c1-15(2)4-7-17-14-30(13-16-5-8-18(26)9-6-16)25(32)22(23(17)31)24-27-20-11-10-19(28-37(3,33)34)12-21(20)38(35,36)29-24/h5-6,8-12,15,17,22,28H,4,7,13-14H2,1-3H3,(H,27,29). The summed E-state index contributed by atoms with van der Waals surface area (Å²) in [5.74, 6) is -3.40. The van der Waals surface area contributed by atoms with E-state index in [9.17, 15) is 30.8 Å². The van der Waals surface area contributed by atoms with Gasteiger partial charge in [-0.1, -0.05) is 32.4 Å². The predicted octanol–water partition coefficient (Wildman–Crippen LogP) is 2.99. The third-order valence-electron chi connectivity index (χ3n) is 6.38. The van der Waals surface area contributed by atoms with Crippen LogP contribution in [0.1, 0.15) is 32.3 Å². The lowest BCUT2D eigenvalue weighted by molar-refractivity contribution is -0.146. The molecule has 10 nitrogen and oxygen atoms in total. The zero-order valence-electron chi connectivity index (χ0n) is 21.1. The van der Waals surface area contributed by atoms with Gasteiger partial charge in [-0.15, -0.1) is 4.40 Å².